The summed E-state index contributed by atoms with van der Waals surface area (Å²) in [6.07, 6.45) is 26.6. The van der Waals surface area contributed by atoms with E-state index in [0.29, 0.717) is 43.7 Å². The lowest BCUT2D eigenvalue weighted by atomic mass is 9.93. The molecule has 0 bridgehead atoms. The maximum absolute atomic E-state index is 12.0. The van der Waals surface area contributed by atoms with Crippen molar-refractivity contribution >= 4 is 41.2 Å². The molecule has 0 aliphatic carbocycles. The Balaban J connectivity index is 3.75. The number of ketones is 1. The van der Waals surface area contributed by atoms with Crippen LogP contribution in [-0.4, -0.2) is 92.7 Å². The van der Waals surface area contributed by atoms with Crippen molar-refractivity contribution in [2.75, 3.05) is 70.1 Å². The van der Waals surface area contributed by atoms with Crippen LogP contribution in [0.2, 0.25) is 0 Å². The summed E-state index contributed by atoms with van der Waals surface area (Å²) in [4.78, 5) is 37.5. The van der Waals surface area contributed by atoms with Gasteiger partial charge >= 0.3 is 11.9 Å². The van der Waals surface area contributed by atoms with Crippen LogP contribution in [0.3, 0.4) is 0 Å². The first kappa shape index (κ1) is 48.0. The van der Waals surface area contributed by atoms with Crippen LogP contribution in [0.4, 0.5) is 0 Å². The van der Waals surface area contributed by atoms with Crippen LogP contribution in [-0.2, 0) is 28.6 Å². The predicted octanol–water partition coefficient (Wildman–Crippen LogP) is 9.95. The topological polar surface area (TPSA) is 82.1 Å². The Morgan fingerprint density at radius 1 is 0.653 bits per heavy atom. The highest BCUT2D eigenvalue weighted by Gasteiger charge is 2.11. The molecule has 0 fully saturated rings. The van der Waals surface area contributed by atoms with E-state index >= 15 is 0 Å². The van der Waals surface area contributed by atoms with Gasteiger partial charge in [0.25, 0.3) is 0 Å². The van der Waals surface area contributed by atoms with Crippen LogP contribution in [0.25, 0.3) is 0 Å². The summed E-state index contributed by atoms with van der Waals surface area (Å²) in [5, 5.41) is 0. The molecule has 0 spiro atoms. The molecule has 0 saturated heterocycles. The maximum Gasteiger partial charge on any atom is 0.315 e. The lowest BCUT2D eigenvalue weighted by molar-refractivity contribution is -0.141. The van der Waals surface area contributed by atoms with Crippen molar-refractivity contribution in [3.05, 3.63) is 12.2 Å². The molecule has 9 heteroatoms. The fourth-order valence-corrected chi connectivity index (χ4v) is 6.95. The summed E-state index contributed by atoms with van der Waals surface area (Å²) >= 11 is 2.92. The van der Waals surface area contributed by atoms with E-state index in [4.69, 9.17) is 14.2 Å². The second-order valence-electron chi connectivity index (χ2n) is 13.8. The van der Waals surface area contributed by atoms with Gasteiger partial charge in [-0.2, -0.15) is 0 Å². The molecule has 7 nitrogen and oxygen atoms in total. The minimum absolute atomic E-state index is 0.118. The van der Waals surface area contributed by atoms with Crippen molar-refractivity contribution in [3.8, 4) is 0 Å². The molecular weight excluding hydrogens is 655 g/mol. The van der Waals surface area contributed by atoms with Gasteiger partial charge in [0.2, 0.25) is 0 Å². The molecular formula is C40H75NO6S2. The molecule has 2 atom stereocenters. The standard InChI is InChI=1S/C40H75NO6S2/c1-6-8-16-22-36(3)23-17-14-12-10-9-11-13-15-18-29-46-39(43)34-48-32-31-45-28-20-25-37(24-19-27-41(4)5)26-21-30-47-40(44)35-49-33-38(42)7-2/h14,17,36-37H,6-13,15-16,18-35H2,1-5H3/b17-14-. The Kier molecular flexibility index (Phi) is 36.0. The molecule has 0 aromatic heterocycles. The zero-order valence-corrected chi connectivity index (χ0v) is 34.0. The first-order chi connectivity index (χ1) is 23.8. The van der Waals surface area contributed by atoms with Gasteiger partial charge in [-0.1, -0.05) is 84.3 Å². The SMILES string of the molecule is CCCCCC(C)C/C=C\CCCCCCCCOC(=O)CSCCOCCCC(CCCOC(=O)CSCC(=O)CC)CCCN(C)C. The molecule has 0 amide bonds. The van der Waals surface area contributed by atoms with E-state index in [-0.39, 0.29) is 23.5 Å². The largest absolute Gasteiger partial charge is 0.465 e. The van der Waals surface area contributed by atoms with E-state index < -0.39 is 0 Å². The zero-order chi connectivity index (χ0) is 36.2. The highest BCUT2D eigenvalue weighted by Crippen LogP contribution is 2.20. The van der Waals surface area contributed by atoms with E-state index in [9.17, 15) is 14.4 Å². The lowest BCUT2D eigenvalue weighted by Gasteiger charge is -2.18. The summed E-state index contributed by atoms with van der Waals surface area (Å²) in [5.74, 6) is 3.03. The average molecular weight is 730 g/mol. The van der Waals surface area contributed by atoms with E-state index in [1.54, 1.807) is 11.8 Å². The van der Waals surface area contributed by atoms with Crippen LogP contribution in [0, 0.1) is 11.8 Å². The summed E-state index contributed by atoms with van der Waals surface area (Å²) in [7, 11) is 4.21. The van der Waals surface area contributed by atoms with Gasteiger partial charge < -0.3 is 19.1 Å². The molecule has 49 heavy (non-hydrogen) atoms. The summed E-state index contributed by atoms with van der Waals surface area (Å²) < 4.78 is 16.6. The summed E-state index contributed by atoms with van der Waals surface area (Å²) in [6, 6.07) is 0. The quantitative estimate of drug-likeness (QED) is 0.0353. The molecule has 0 N–H and O–H groups in total. The van der Waals surface area contributed by atoms with Crippen LogP contribution in [0.1, 0.15) is 143 Å². The van der Waals surface area contributed by atoms with Gasteiger partial charge in [0.1, 0.15) is 5.78 Å². The zero-order valence-electron chi connectivity index (χ0n) is 32.3. The van der Waals surface area contributed by atoms with Gasteiger partial charge in [0, 0.05) is 18.8 Å². The molecule has 0 aliphatic heterocycles. The highest BCUT2D eigenvalue weighted by atomic mass is 32.2. The second-order valence-corrected chi connectivity index (χ2v) is 15.9. The van der Waals surface area contributed by atoms with E-state index in [1.165, 1.54) is 76.0 Å². The smallest absolute Gasteiger partial charge is 0.315 e. The highest BCUT2D eigenvalue weighted by molar-refractivity contribution is 8.00. The Hall–Kier alpha value is -1.03. The van der Waals surface area contributed by atoms with Gasteiger partial charge in [0.15, 0.2) is 0 Å². The van der Waals surface area contributed by atoms with Crippen LogP contribution in [0.5, 0.6) is 0 Å². The van der Waals surface area contributed by atoms with Gasteiger partial charge in [-0.15, -0.1) is 23.5 Å². The number of allylic oxidation sites excluding steroid dienone is 2. The third-order valence-electron chi connectivity index (χ3n) is 8.64. The molecule has 0 aromatic carbocycles. The summed E-state index contributed by atoms with van der Waals surface area (Å²) in [5.41, 5.74) is 0. The number of carbonyl (C=O) groups is 3. The number of hydrogen-bond donors (Lipinski definition) is 0. The number of hydrogen-bond acceptors (Lipinski definition) is 9. The molecule has 0 radical (unpaired) electrons. The predicted molar refractivity (Wildman–Crippen MR) is 212 cm³/mol. The van der Waals surface area contributed by atoms with Crippen molar-refractivity contribution in [1.82, 2.24) is 4.90 Å². The number of unbranched alkanes of at least 4 members (excludes halogenated alkanes) is 8. The van der Waals surface area contributed by atoms with Crippen LogP contribution >= 0.6 is 23.5 Å². The molecule has 0 heterocycles. The van der Waals surface area contributed by atoms with Crippen molar-refractivity contribution in [1.29, 1.82) is 0 Å². The van der Waals surface area contributed by atoms with Crippen molar-refractivity contribution in [2.45, 2.75) is 143 Å². The van der Waals surface area contributed by atoms with E-state index in [0.717, 1.165) is 76.2 Å². The Morgan fingerprint density at radius 3 is 1.98 bits per heavy atom. The number of nitrogens with zero attached hydrogens (tertiary/aromatic N) is 1. The first-order valence-corrected chi connectivity index (χ1v) is 21.9. The van der Waals surface area contributed by atoms with Gasteiger partial charge in [-0.05, 0) is 96.7 Å². The third-order valence-corrected chi connectivity index (χ3v) is 10.5. The molecule has 2 unspecified atom stereocenters. The third kappa shape index (κ3) is 36.6. The minimum Gasteiger partial charge on any atom is -0.465 e. The number of thioether (sulfide) groups is 2. The maximum atomic E-state index is 12.0. The van der Waals surface area contributed by atoms with Crippen LogP contribution < -0.4 is 0 Å². The van der Waals surface area contributed by atoms with E-state index in [2.05, 4.69) is 45.0 Å². The molecule has 0 aliphatic rings. The Labute approximate surface area is 310 Å². The minimum atomic E-state index is -0.231. The number of ether oxygens (including phenoxy) is 3. The Bertz CT molecular complexity index is 810. The number of carbonyl (C=O) groups excluding carboxylic acids is 3. The van der Waals surface area contributed by atoms with Gasteiger partial charge in [-0.3, -0.25) is 14.4 Å². The number of esters is 2. The van der Waals surface area contributed by atoms with Crippen LogP contribution in [0.15, 0.2) is 12.2 Å². The fourth-order valence-electron chi connectivity index (χ4n) is 5.53. The molecule has 0 aromatic rings. The number of rotatable bonds is 37. The lowest BCUT2D eigenvalue weighted by Crippen LogP contribution is -2.15. The monoisotopic (exact) mass is 730 g/mol. The molecule has 288 valence electrons. The van der Waals surface area contributed by atoms with E-state index in [1.807, 2.05) is 6.92 Å². The molecule has 0 rings (SSSR count). The first-order valence-electron chi connectivity index (χ1n) is 19.6. The van der Waals surface area contributed by atoms with Gasteiger partial charge in [0.05, 0.1) is 37.1 Å². The number of Topliss-reactive ketones (excluding diaryl/α,β-unsaturated/α-hetero) is 1. The summed E-state index contributed by atoms with van der Waals surface area (Å²) in [6.45, 7) is 9.91. The molecule has 0 saturated carbocycles. The van der Waals surface area contributed by atoms with Crippen molar-refractivity contribution < 1.29 is 28.6 Å². The van der Waals surface area contributed by atoms with Crippen molar-refractivity contribution in [2.24, 2.45) is 11.8 Å². The Morgan fingerprint density at radius 2 is 1.29 bits per heavy atom. The van der Waals surface area contributed by atoms with Crippen molar-refractivity contribution in [3.63, 3.8) is 0 Å². The average Bonchev–Trinajstić information content (AvgIpc) is 3.07. The van der Waals surface area contributed by atoms with Gasteiger partial charge in [-0.25, -0.2) is 0 Å². The second kappa shape index (κ2) is 36.8. The fraction of sp³-hybridized carbons (Fsp3) is 0.875. The normalized spacial score (nSPS) is 12.9.